The van der Waals surface area contributed by atoms with Crippen molar-refractivity contribution in [2.24, 2.45) is 0 Å². The van der Waals surface area contributed by atoms with E-state index in [4.69, 9.17) is 10.00 Å². The molecular weight excluding hydrogens is 368 g/mol. The number of rotatable bonds is 4. The molecule has 8 nitrogen and oxygen atoms in total. The van der Waals surface area contributed by atoms with Crippen molar-refractivity contribution in [2.45, 2.75) is 18.4 Å². The maximum Gasteiger partial charge on any atom is 0.254 e. The van der Waals surface area contributed by atoms with Gasteiger partial charge in [-0.2, -0.15) is 5.26 Å². The summed E-state index contributed by atoms with van der Waals surface area (Å²) in [6, 6.07) is 11.0. The van der Waals surface area contributed by atoms with Crippen LogP contribution < -0.4 is 9.64 Å². The molecule has 1 aromatic carbocycles. The van der Waals surface area contributed by atoms with E-state index in [9.17, 15) is 4.79 Å². The SMILES string of the molecule is N#CCOc1cccc(C(=O)N2CCN(c3ncnc4[nH]ccc34)CC23CC3)c1. The average molecular weight is 388 g/mol. The zero-order chi connectivity index (χ0) is 19.8. The molecule has 2 aromatic heterocycles. The summed E-state index contributed by atoms with van der Waals surface area (Å²) in [6.07, 6.45) is 5.43. The average Bonchev–Trinajstić information content (AvgIpc) is 3.33. The third-order valence-corrected chi connectivity index (χ3v) is 5.74. The summed E-state index contributed by atoms with van der Waals surface area (Å²) < 4.78 is 5.35. The fourth-order valence-corrected chi connectivity index (χ4v) is 4.15. The number of nitriles is 1. The van der Waals surface area contributed by atoms with E-state index < -0.39 is 0 Å². The number of carbonyl (C=O) groups is 1. The molecular formula is C21H20N6O2. The summed E-state index contributed by atoms with van der Waals surface area (Å²) >= 11 is 0. The van der Waals surface area contributed by atoms with Crippen LogP contribution in [0, 0.1) is 11.3 Å². The maximum atomic E-state index is 13.3. The van der Waals surface area contributed by atoms with Gasteiger partial charge in [-0.05, 0) is 37.1 Å². The number of hydrogen-bond donors (Lipinski definition) is 1. The van der Waals surface area contributed by atoms with Gasteiger partial charge in [0.15, 0.2) is 6.61 Å². The molecule has 1 aliphatic carbocycles. The molecule has 3 heterocycles. The summed E-state index contributed by atoms with van der Waals surface area (Å²) in [4.78, 5) is 29.4. The fraction of sp³-hybridized carbons (Fsp3) is 0.333. The lowest BCUT2D eigenvalue weighted by Gasteiger charge is -2.43. The zero-order valence-corrected chi connectivity index (χ0v) is 15.8. The number of anilines is 1. The maximum absolute atomic E-state index is 13.3. The van der Waals surface area contributed by atoms with Crippen LogP contribution in [0.3, 0.4) is 0 Å². The highest BCUT2D eigenvalue weighted by atomic mass is 16.5. The molecule has 1 aliphatic heterocycles. The van der Waals surface area contributed by atoms with Crippen LogP contribution in [0.1, 0.15) is 23.2 Å². The van der Waals surface area contributed by atoms with Crippen molar-refractivity contribution in [3.8, 4) is 11.8 Å². The lowest BCUT2D eigenvalue weighted by molar-refractivity contribution is 0.0624. The van der Waals surface area contributed by atoms with Gasteiger partial charge in [-0.1, -0.05) is 6.07 Å². The van der Waals surface area contributed by atoms with Gasteiger partial charge in [-0.3, -0.25) is 4.79 Å². The van der Waals surface area contributed by atoms with E-state index >= 15 is 0 Å². The minimum Gasteiger partial charge on any atom is -0.479 e. The highest BCUT2D eigenvalue weighted by Gasteiger charge is 2.53. The summed E-state index contributed by atoms with van der Waals surface area (Å²) in [5.74, 6) is 1.47. The lowest BCUT2D eigenvalue weighted by atomic mass is 10.1. The Kier molecular flexibility index (Phi) is 4.09. The van der Waals surface area contributed by atoms with Gasteiger partial charge in [0.05, 0.1) is 10.9 Å². The number of aromatic amines is 1. The predicted octanol–water partition coefficient (Wildman–Crippen LogP) is 2.36. The molecule has 29 heavy (non-hydrogen) atoms. The number of fused-ring (bicyclic) bond motifs is 1. The molecule has 2 aliphatic rings. The number of benzene rings is 1. The Morgan fingerprint density at radius 3 is 3.00 bits per heavy atom. The molecule has 2 fully saturated rings. The highest BCUT2D eigenvalue weighted by molar-refractivity contribution is 5.96. The zero-order valence-electron chi connectivity index (χ0n) is 15.8. The van der Waals surface area contributed by atoms with Crippen molar-refractivity contribution in [1.82, 2.24) is 19.9 Å². The van der Waals surface area contributed by atoms with Crippen LogP contribution in [0.25, 0.3) is 11.0 Å². The summed E-state index contributed by atoms with van der Waals surface area (Å²) in [5.41, 5.74) is 1.27. The molecule has 1 N–H and O–H groups in total. The standard InChI is InChI=1S/C21H20N6O2/c22-7-11-29-16-3-1-2-15(12-16)20(28)27-10-9-26(13-21(27)5-6-21)19-17-4-8-23-18(17)24-14-25-19/h1-4,8,12,14H,5-6,9-11,13H2,(H,23,24,25). The fourth-order valence-electron chi connectivity index (χ4n) is 4.15. The van der Waals surface area contributed by atoms with E-state index in [-0.39, 0.29) is 18.1 Å². The number of carbonyl (C=O) groups excluding carboxylic acids is 1. The third kappa shape index (κ3) is 3.05. The van der Waals surface area contributed by atoms with Crippen LogP contribution in [0.4, 0.5) is 5.82 Å². The second-order valence-corrected chi connectivity index (χ2v) is 7.51. The van der Waals surface area contributed by atoms with Crippen molar-refractivity contribution in [1.29, 1.82) is 5.26 Å². The number of amides is 1. The summed E-state index contributed by atoms with van der Waals surface area (Å²) in [7, 11) is 0. The van der Waals surface area contributed by atoms with Crippen LogP contribution in [-0.2, 0) is 0 Å². The second kappa shape index (κ2) is 6.78. The van der Waals surface area contributed by atoms with Crippen molar-refractivity contribution in [2.75, 3.05) is 31.1 Å². The Hall–Kier alpha value is -3.60. The first kappa shape index (κ1) is 17.5. The second-order valence-electron chi connectivity index (χ2n) is 7.51. The van der Waals surface area contributed by atoms with E-state index in [1.807, 2.05) is 23.2 Å². The molecule has 5 rings (SSSR count). The van der Waals surface area contributed by atoms with Crippen molar-refractivity contribution in [3.63, 3.8) is 0 Å². The normalized spacial score (nSPS) is 17.3. The molecule has 1 amide bonds. The molecule has 8 heteroatoms. The molecule has 0 atom stereocenters. The number of aromatic nitrogens is 3. The summed E-state index contributed by atoms with van der Waals surface area (Å²) in [6.45, 7) is 2.08. The van der Waals surface area contributed by atoms with Gasteiger partial charge in [0.1, 0.15) is 29.6 Å². The number of ether oxygens (including phenoxy) is 1. The Bertz CT molecular complexity index is 1110. The number of nitrogens with one attached hydrogen (secondary N) is 1. The first-order valence-corrected chi connectivity index (χ1v) is 9.65. The van der Waals surface area contributed by atoms with E-state index in [0.717, 1.165) is 42.8 Å². The number of H-pyrrole nitrogens is 1. The van der Waals surface area contributed by atoms with Crippen molar-refractivity contribution < 1.29 is 9.53 Å². The van der Waals surface area contributed by atoms with E-state index in [2.05, 4.69) is 19.9 Å². The van der Waals surface area contributed by atoms with Crippen LogP contribution >= 0.6 is 0 Å². The monoisotopic (exact) mass is 388 g/mol. The Balaban J connectivity index is 1.37. The van der Waals surface area contributed by atoms with Crippen LogP contribution in [0.5, 0.6) is 5.75 Å². The Morgan fingerprint density at radius 2 is 2.17 bits per heavy atom. The van der Waals surface area contributed by atoms with Crippen LogP contribution in [0.15, 0.2) is 42.9 Å². The van der Waals surface area contributed by atoms with Gasteiger partial charge in [0, 0.05) is 31.4 Å². The minimum atomic E-state index is -0.146. The van der Waals surface area contributed by atoms with Crippen LogP contribution in [0.2, 0.25) is 0 Å². The smallest absolute Gasteiger partial charge is 0.254 e. The van der Waals surface area contributed by atoms with Crippen LogP contribution in [-0.4, -0.2) is 57.5 Å². The molecule has 1 saturated heterocycles. The minimum absolute atomic E-state index is 0.0130. The first-order chi connectivity index (χ1) is 14.2. The Morgan fingerprint density at radius 1 is 1.28 bits per heavy atom. The Labute approximate surface area is 167 Å². The van der Waals surface area contributed by atoms with Crippen molar-refractivity contribution in [3.05, 3.63) is 48.4 Å². The van der Waals surface area contributed by atoms with Gasteiger partial charge in [0.2, 0.25) is 0 Å². The molecule has 0 bridgehead atoms. The molecule has 0 radical (unpaired) electrons. The van der Waals surface area contributed by atoms with E-state index in [1.165, 1.54) is 0 Å². The highest BCUT2D eigenvalue weighted by Crippen LogP contribution is 2.46. The van der Waals surface area contributed by atoms with E-state index in [1.54, 1.807) is 30.6 Å². The summed E-state index contributed by atoms with van der Waals surface area (Å²) in [5, 5.41) is 9.70. The number of nitrogens with zero attached hydrogens (tertiary/aromatic N) is 5. The third-order valence-electron chi connectivity index (χ3n) is 5.74. The molecule has 1 spiro atoms. The molecule has 0 unspecified atom stereocenters. The lowest BCUT2D eigenvalue weighted by Crippen LogP contribution is -2.57. The molecule has 1 saturated carbocycles. The van der Waals surface area contributed by atoms with Crippen molar-refractivity contribution >= 4 is 22.8 Å². The van der Waals surface area contributed by atoms with Gasteiger partial charge >= 0.3 is 0 Å². The van der Waals surface area contributed by atoms with Gasteiger partial charge < -0.3 is 19.5 Å². The van der Waals surface area contributed by atoms with E-state index in [0.29, 0.717) is 17.9 Å². The largest absolute Gasteiger partial charge is 0.479 e. The van der Waals surface area contributed by atoms with Gasteiger partial charge in [-0.25, -0.2) is 9.97 Å². The molecule has 3 aromatic rings. The van der Waals surface area contributed by atoms with Gasteiger partial charge in [0.25, 0.3) is 5.91 Å². The quantitative estimate of drug-likeness (QED) is 0.737. The van der Waals surface area contributed by atoms with Gasteiger partial charge in [-0.15, -0.1) is 0 Å². The predicted molar refractivity (Wildman–Crippen MR) is 107 cm³/mol. The first-order valence-electron chi connectivity index (χ1n) is 9.65. The molecule has 146 valence electrons. The number of piperazine rings is 1. The topological polar surface area (TPSA) is 98.1 Å². The number of hydrogen-bond acceptors (Lipinski definition) is 6.